The van der Waals surface area contributed by atoms with E-state index in [0.29, 0.717) is 22.3 Å². The van der Waals surface area contributed by atoms with Crippen molar-refractivity contribution in [2.45, 2.75) is 0 Å². The highest BCUT2D eigenvalue weighted by Crippen LogP contribution is 2.40. The number of benzene rings is 1. The van der Waals surface area contributed by atoms with Crippen LogP contribution in [-0.4, -0.2) is 53.3 Å². The molecule has 3 N–H and O–H groups in total. The van der Waals surface area contributed by atoms with Crippen LogP contribution in [0.4, 0.5) is 10.9 Å². The van der Waals surface area contributed by atoms with Crippen LogP contribution in [0, 0.1) is 0 Å². The van der Waals surface area contributed by atoms with Crippen molar-refractivity contribution < 1.29 is 23.4 Å². The molecule has 3 heterocycles. The number of methoxy groups -OCH3 is 2. The van der Waals surface area contributed by atoms with Gasteiger partial charge in [0.15, 0.2) is 5.76 Å². The normalized spacial score (nSPS) is 10.8. The summed E-state index contributed by atoms with van der Waals surface area (Å²) in [5.41, 5.74) is 5.51. The molecule has 4 rings (SSSR count). The van der Waals surface area contributed by atoms with Crippen molar-refractivity contribution in [3.63, 3.8) is 0 Å². The van der Waals surface area contributed by atoms with Gasteiger partial charge in [0.05, 0.1) is 24.9 Å². The summed E-state index contributed by atoms with van der Waals surface area (Å²) < 4.78 is 22.6. The number of ether oxygens (including phenoxy) is 3. The molecule has 0 unspecified atom stereocenters. The number of halogens is 1. The fourth-order valence-corrected chi connectivity index (χ4v) is 4.05. The maximum Gasteiger partial charge on any atom is 0.379 e. The number of amides is 1. The van der Waals surface area contributed by atoms with Crippen LogP contribution in [0.15, 0.2) is 45.7 Å². The van der Waals surface area contributed by atoms with Crippen LogP contribution in [-0.2, 0) is 4.74 Å². The van der Waals surface area contributed by atoms with Crippen LogP contribution < -0.4 is 26.1 Å². The molecule has 14 heteroatoms. The first kappa shape index (κ1) is 24.2. The number of carbonyl (C=O) groups excluding carboxylic acids is 1. The van der Waals surface area contributed by atoms with Gasteiger partial charge in [-0.1, -0.05) is 29.0 Å². The number of carbonyl (C=O) groups is 1. The van der Waals surface area contributed by atoms with Gasteiger partial charge < -0.3 is 24.4 Å². The van der Waals surface area contributed by atoms with Gasteiger partial charge in [-0.05, 0) is 18.2 Å². The molecule has 4 aromatic rings. The second-order valence-electron chi connectivity index (χ2n) is 6.81. The number of nitrogens with one attached hydrogen (secondary N) is 1. The third-order valence-corrected chi connectivity index (χ3v) is 5.75. The van der Waals surface area contributed by atoms with E-state index in [1.165, 1.54) is 31.2 Å². The zero-order chi connectivity index (χ0) is 24.9. The van der Waals surface area contributed by atoms with Gasteiger partial charge >= 0.3 is 5.63 Å². The summed E-state index contributed by atoms with van der Waals surface area (Å²) in [4.78, 5) is 25.8. The summed E-state index contributed by atoms with van der Waals surface area (Å²) in [6.45, 7) is 0.289. The average Bonchev–Trinajstić information content (AvgIpc) is 3.48. The van der Waals surface area contributed by atoms with Gasteiger partial charge in [-0.15, -0.1) is 10.2 Å². The number of nitrogen functional groups attached to an aromatic ring is 1. The van der Waals surface area contributed by atoms with Crippen LogP contribution >= 0.6 is 22.9 Å². The van der Waals surface area contributed by atoms with E-state index in [9.17, 15) is 9.59 Å². The largest absolute Gasteiger partial charge is 0.496 e. The van der Waals surface area contributed by atoms with E-state index in [4.69, 9.17) is 36.0 Å². The predicted octanol–water partition coefficient (Wildman–Crippen LogP) is 2.87. The number of hydrogen-bond acceptors (Lipinski definition) is 11. The SMILES string of the molecule is COCCOc1c(-c2c(Cl)cccc2OC)cc(C(=O)Nc2nnc(-n3nccc3N)s2)oc1=O. The Hall–Kier alpha value is -3.94. The summed E-state index contributed by atoms with van der Waals surface area (Å²) in [5, 5.41) is 15.2. The van der Waals surface area contributed by atoms with Crippen molar-refractivity contribution in [2.75, 3.05) is 38.5 Å². The summed E-state index contributed by atoms with van der Waals surface area (Å²) in [7, 11) is 2.95. The van der Waals surface area contributed by atoms with Gasteiger partial charge in [0.25, 0.3) is 5.91 Å². The first-order valence-electron chi connectivity index (χ1n) is 10.0. The zero-order valence-corrected chi connectivity index (χ0v) is 20.1. The molecule has 35 heavy (non-hydrogen) atoms. The maximum absolute atomic E-state index is 12.9. The van der Waals surface area contributed by atoms with Crippen molar-refractivity contribution in [1.29, 1.82) is 0 Å². The van der Waals surface area contributed by atoms with Crippen molar-refractivity contribution in [3.05, 3.63) is 57.7 Å². The lowest BCUT2D eigenvalue weighted by molar-refractivity contribution is 0.0990. The van der Waals surface area contributed by atoms with Crippen LogP contribution in [0.5, 0.6) is 11.5 Å². The van der Waals surface area contributed by atoms with Gasteiger partial charge in [-0.25, -0.2) is 4.79 Å². The molecule has 12 nitrogen and oxygen atoms in total. The fraction of sp³-hybridized carbons (Fsp3) is 0.190. The molecule has 182 valence electrons. The molecule has 1 amide bonds. The maximum atomic E-state index is 12.9. The van der Waals surface area contributed by atoms with E-state index >= 15 is 0 Å². The van der Waals surface area contributed by atoms with Crippen molar-refractivity contribution in [3.8, 4) is 27.8 Å². The summed E-state index contributed by atoms with van der Waals surface area (Å²) >= 11 is 7.45. The molecule has 0 aliphatic carbocycles. The molecule has 0 saturated carbocycles. The number of rotatable bonds is 9. The van der Waals surface area contributed by atoms with Gasteiger partial charge in [0, 0.05) is 24.3 Å². The third-order valence-electron chi connectivity index (χ3n) is 4.62. The van der Waals surface area contributed by atoms with Crippen LogP contribution in [0.1, 0.15) is 10.6 Å². The first-order chi connectivity index (χ1) is 16.9. The Labute approximate surface area is 207 Å². The first-order valence-corrected chi connectivity index (χ1v) is 11.2. The number of nitrogens with two attached hydrogens (primary N) is 1. The molecule has 0 bridgehead atoms. The molecule has 0 spiro atoms. The third kappa shape index (κ3) is 5.11. The highest BCUT2D eigenvalue weighted by molar-refractivity contribution is 7.17. The lowest BCUT2D eigenvalue weighted by Gasteiger charge is -2.15. The minimum atomic E-state index is -0.881. The lowest BCUT2D eigenvalue weighted by Crippen LogP contribution is -2.18. The summed E-state index contributed by atoms with van der Waals surface area (Å²) in [5.74, 6) is -0.461. The summed E-state index contributed by atoms with van der Waals surface area (Å²) in [6, 6.07) is 7.91. The number of nitrogens with zero attached hydrogens (tertiary/aromatic N) is 4. The van der Waals surface area contributed by atoms with E-state index in [2.05, 4.69) is 20.6 Å². The van der Waals surface area contributed by atoms with E-state index < -0.39 is 11.5 Å². The Morgan fingerprint density at radius 2 is 2.09 bits per heavy atom. The fourth-order valence-electron chi connectivity index (χ4n) is 3.06. The molecule has 0 fully saturated rings. The molecule has 1 aromatic carbocycles. The lowest BCUT2D eigenvalue weighted by atomic mass is 10.0. The van der Waals surface area contributed by atoms with Crippen LogP contribution in [0.25, 0.3) is 16.3 Å². The Morgan fingerprint density at radius 1 is 1.26 bits per heavy atom. The number of hydrogen-bond donors (Lipinski definition) is 2. The molecule has 0 saturated heterocycles. The van der Waals surface area contributed by atoms with Crippen molar-refractivity contribution in [2.24, 2.45) is 0 Å². The molecule has 3 aromatic heterocycles. The van der Waals surface area contributed by atoms with Crippen molar-refractivity contribution in [1.82, 2.24) is 20.0 Å². The van der Waals surface area contributed by atoms with Crippen LogP contribution in [0.2, 0.25) is 5.02 Å². The van der Waals surface area contributed by atoms with E-state index in [0.717, 1.165) is 11.3 Å². The molecule has 0 aliphatic rings. The second kappa shape index (κ2) is 10.5. The molecule has 0 aliphatic heterocycles. The number of aromatic nitrogens is 4. The average molecular weight is 519 g/mol. The van der Waals surface area contributed by atoms with Gasteiger partial charge in [0.1, 0.15) is 18.2 Å². The van der Waals surface area contributed by atoms with Gasteiger partial charge in [-0.3, -0.25) is 10.1 Å². The molecule has 0 atom stereocenters. The van der Waals surface area contributed by atoms with E-state index in [1.54, 1.807) is 24.3 Å². The molecular weight excluding hydrogens is 500 g/mol. The van der Waals surface area contributed by atoms with E-state index in [1.807, 2.05) is 0 Å². The van der Waals surface area contributed by atoms with Gasteiger partial charge in [0.2, 0.25) is 16.0 Å². The Kier molecular flexibility index (Phi) is 7.29. The minimum Gasteiger partial charge on any atom is -0.496 e. The summed E-state index contributed by atoms with van der Waals surface area (Å²) in [6.07, 6.45) is 1.50. The van der Waals surface area contributed by atoms with Crippen LogP contribution in [0.3, 0.4) is 0 Å². The van der Waals surface area contributed by atoms with E-state index in [-0.39, 0.29) is 40.4 Å². The Balaban J connectivity index is 1.71. The smallest absolute Gasteiger partial charge is 0.379 e. The highest BCUT2D eigenvalue weighted by atomic mass is 35.5. The van der Waals surface area contributed by atoms with Crippen molar-refractivity contribution >= 4 is 39.8 Å². The zero-order valence-electron chi connectivity index (χ0n) is 18.5. The predicted molar refractivity (Wildman–Crippen MR) is 129 cm³/mol. The van der Waals surface area contributed by atoms with Gasteiger partial charge in [-0.2, -0.15) is 9.78 Å². The second-order valence-corrected chi connectivity index (χ2v) is 8.17. The monoisotopic (exact) mass is 518 g/mol. The molecule has 0 radical (unpaired) electrons. The Bertz CT molecular complexity index is 1420. The highest BCUT2D eigenvalue weighted by Gasteiger charge is 2.24. The topological polar surface area (TPSA) is 157 Å². The number of anilines is 2. The quantitative estimate of drug-likeness (QED) is 0.316. The Morgan fingerprint density at radius 3 is 2.80 bits per heavy atom. The standard InChI is InChI=1S/C21H19ClN6O6S/c1-31-8-9-33-17-11(16-12(22)4-3-5-13(16)32-2)10-14(34-19(17)30)18(29)25-20-26-27-21(35-20)28-15(23)6-7-24-28/h3-7,10H,8-9,23H2,1-2H3,(H,25,26,29). The molecular formula is C21H19ClN6O6S. The minimum absolute atomic E-state index is 0.0662.